The van der Waals surface area contributed by atoms with Gasteiger partial charge in [-0.15, -0.1) is 0 Å². The zero-order valence-electron chi connectivity index (χ0n) is 14.4. The quantitative estimate of drug-likeness (QED) is 0.626. The maximum absolute atomic E-state index is 13.1. The first kappa shape index (κ1) is 16.1. The van der Waals surface area contributed by atoms with Crippen LogP contribution in [-0.4, -0.2) is 27.6 Å². The van der Waals surface area contributed by atoms with Crippen molar-refractivity contribution in [3.05, 3.63) is 46.0 Å². The maximum atomic E-state index is 13.1. The third kappa shape index (κ3) is 2.06. The maximum Gasteiger partial charge on any atom is 0.208 e. The fraction of sp³-hybridized carbons (Fsp3) is 0.300. The van der Waals surface area contributed by atoms with E-state index in [1.807, 2.05) is 0 Å². The molecular formula is C20H15O7-. The molecule has 7 nitrogen and oxygen atoms in total. The van der Waals surface area contributed by atoms with E-state index < -0.39 is 35.0 Å². The normalized spacial score (nSPS) is 25.3. The molecule has 2 N–H and O–H groups in total. The lowest BCUT2D eigenvalue weighted by atomic mass is 9.80. The summed E-state index contributed by atoms with van der Waals surface area (Å²) in [6, 6.07) is 3.49. The molecule has 138 valence electrons. The zero-order chi connectivity index (χ0) is 19.1. The summed E-state index contributed by atoms with van der Waals surface area (Å²) in [4.78, 5) is 25.9. The second kappa shape index (κ2) is 5.01. The molecule has 0 radical (unpaired) electrons. The Bertz CT molecular complexity index is 1060. The van der Waals surface area contributed by atoms with E-state index in [4.69, 9.17) is 9.47 Å². The van der Waals surface area contributed by atoms with E-state index in [-0.39, 0.29) is 39.3 Å². The van der Waals surface area contributed by atoms with Gasteiger partial charge in [0.05, 0.1) is 11.7 Å². The molecule has 7 heteroatoms. The minimum absolute atomic E-state index is 0.0789. The summed E-state index contributed by atoms with van der Waals surface area (Å²) in [5.41, 5.74) is -0.525. The molecule has 0 saturated carbocycles. The third-order valence-electron chi connectivity index (χ3n) is 5.46. The number of phenols is 2. The number of hydrogen-bond donors (Lipinski definition) is 2. The van der Waals surface area contributed by atoms with Crippen LogP contribution in [0.4, 0.5) is 0 Å². The van der Waals surface area contributed by atoms with E-state index in [2.05, 4.69) is 0 Å². The summed E-state index contributed by atoms with van der Waals surface area (Å²) < 4.78 is 11.7. The van der Waals surface area contributed by atoms with Crippen molar-refractivity contribution in [3.63, 3.8) is 0 Å². The molecule has 0 amide bonds. The number of ketones is 2. The third-order valence-corrected chi connectivity index (χ3v) is 5.46. The molecule has 0 aromatic heterocycles. The number of carbonyl (C=O) groups is 2. The molecule has 2 aliphatic heterocycles. The van der Waals surface area contributed by atoms with Crippen LogP contribution in [0.3, 0.4) is 0 Å². The Morgan fingerprint density at radius 1 is 1.11 bits per heavy atom. The van der Waals surface area contributed by atoms with Gasteiger partial charge in [0.25, 0.3) is 0 Å². The Balaban J connectivity index is 1.78. The van der Waals surface area contributed by atoms with E-state index in [0.717, 1.165) is 18.6 Å². The van der Waals surface area contributed by atoms with E-state index in [1.54, 1.807) is 6.92 Å². The van der Waals surface area contributed by atoms with Crippen LogP contribution in [0, 0.1) is 0 Å². The number of benzene rings is 2. The van der Waals surface area contributed by atoms with Crippen molar-refractivity contribution in [2.75, 3.05) is 0 Å². The van der Waals surface area contributed by atoms with Crippen LogP contribution in [0.15, 0.2) is 18.2 Å². The second-order valence-corrected chi connectivity index (χ2v) is 7.32. The molecule has 2 heterocycles. The Kier molecular flexibility index (Phi) is 3.00. The Morgan fingerprint density at radius 2 is 1.85 bits per heavy atom. The molecule has 0 spiro atoms. The molecule has 3 aliphatic rings. The van der Waals surface area contributed by atoms with Gasteiger partial charge in [0.15, 0.2) is 11.6 Å². The van der Waals surface area contributed by atoms with E-state index in [9.17, 15) is 24.9 Å². The van der Waals surface area contributed by atoms with Crippen molar-refractivity contribution >= 4 is 11.6 Å². The summed E-state index contributed by atoms with van der Waals surface area (Å²) in [7, 11) is 0. The lowest BCUT2D eigenvalue weighted by Gasteiger charge is -2.46. The van der Waals surface area contributed by atoms with Crippen molar-refractivity contribution in [3.8, 4) is 23.0 Å². The standard InChI is InChI=1S/C20H16O7/c1-20-4-2-3-12(26-20)16-13(27-20)7-10-15(19(16)25)18(24)14-9(17(10)23)5-8(21)6-11(14)22/h5-7,12,21-22,25H,2-4H2,1H3/p-1/t12-,20-/m0/s1. The lowest BCUT2D eigenvalue weighted by Crippen LogP contribution is -2.44. The highest BCUT2D eigenvalue weighted by Gasteiger charge is 2.44. The molecule has 27 heavy (non-hydrogen) atoms. The van der Waals surface area contributed by atoms with Crippen molar-refractivity contribution < 1.29 is 34.4 Å². The van der Waals surface area contributed by atoms with Gasteiger partial charge in [0.2, 0.25) is 5.79 Å². The Labute approximate surface area is 153 Å². The number of aromatic hydroxyl groups is 2. The van der Waals surface area contributed by atoms with Crippen LogP contribution in [0.5, 0.6) is 23.0 Å². The Morgan fingerprint density at radius 3 is 2.63 bits per heavy atom. The van der Waals surface area contributed by atoms with Crippen LogP contribution in [0.1, 0.15) is 69.7 Å². The number of hydrogen-bond acceptors (Lipinski definition) is 7. The van der Waals surface area contributed by atoms with Gasteiger partial charge in [-0.05, 0) is 25.0 Å². The fourth-order valence-electron chi connectivity index (χ4n) is 4.28. The van der Waals surface area contributed by atoms with Crippen molar-refractivity contribution in [2.45, 2.75) is 38.1 Å². The van der Waals surface area contributed by atoms with Crippen molar-refractivity contribution in [1.29, 1.82) is 0 Å². The van der Waals surface area contributed by atoms with Gasteiger partial charge in [-0.2, -0.15) is 0 Å². The van der Waals surface area contributed by atoms with Crippen LogP contribution < -0.4 is 9.84 Å². The molecule has 1 aliphatic carbocycles. The highest BCUT2D eigenvalue weighted by Crippen LogP contribution is 2.52. The molecule has 2 bridgehead atoms. The highest BCUT2D eigenvalue weighted by atomic mass is 16.7. The van der Waals surface area contributed by atoms with Gasteiger partial charge >= 0.3 is 0 Å². The number of ether oxygens (including phenoxy) is 2. The molecule has 1 fully saturated rings. The minimum atomic E-state index is -0.868. The molecule has 5 rings (SSSR count). The molecule has 2 aromatic rings. The lowest BCUT2D eigenvalue weighted by molar-refractivity contribution is -0.282. The van der Waals surface area contributed by atoms with E-state index >= 15 is 0 Å². The van der Waals surface area contributed by atoms with Crippen LogP contribution in [0.2, 0.25) is 0 Å². The topological polar surface area (TPSA) is 116 Å². The average Bonchev–Trinajstić information content (AvgIpc) is 2.57. The molecule has 0 unspecified atom stereocenters. The first-order chi connectivity index (χ1) is 12.8. The van der Waals surface area contributed by atoms with Gasteiger partial charge in [-0.25, -0.2) is 0 Å². The van der Waals surface area contributed by atoms with Crippen LogP contribution >= 0.6 is 0 Å². The van der Waals surface area contributed by atoms with Crippen LogP contribution in [0.25, 0.3) is 0 Å². The van der Waals surface area contributed by atoms with Crippen molar-refractivity contribution in [2.24, 2.45) is 0 Å². The zero-order valence-corrected chi connectivity index (χ0v) is 14.4. The predicted octanol–water partition coefficient (Wildman–Crippen LogP) is 2.30. The second-order valence-electron chi connectivity index (χ2n) is 7.32. The number of carbonyl (C=O) groups excluding carboxylic acids is 2. The molecule has 2 aromatic carbocycles. The van der Waals surface area contributed by atoms with E-state index in [1.165, 1.54) is 6.07 Å². The van der Waals surface area contributed by atoms with Gasteiger partial charge in [-0.3, -0.25) is 9.59 Å². The number of rotatable bonds is 0. The summed E-state index contributed by atoms with van der Waals surface area (Å²) in [5.74, 6) is -3.46. The monoisotopic (exact) mass is 367 g/mol. The summed E-state index contributed by atoms with van der Waals surface area (Å²) in [6.07, 6.45) is 1.60. The van der Waals surface area contributed by atoms with Gasteiger partial charge in [0.1, 0.15) is 17.2 Å². The molecule has 2 atom stereocenters. The number of fused-ring (bicyclic) bond motifs is 6. The number of phenolic OH excluding ortho intramolecular Hbond substituents is 2. The highest BCUT2D eigenvalue weighted by molar-refractivity contribution is 6.30. The first-order valence-corrected chi connectivity index (χ1v) is 8.69. The molecular weight excluding hydrogens is 352 g/mol. The smallest absolute Gasteiger partial charge is 0.208 e. The summed E-state index contributed by atoms with van der Waals surface area (Å²) in [6.45, 7) is 1.78. The van der Waals surface area contributed by atoms with Crippen molar-refractivity contribution in [1.82, 2.24) is 0 Å². The summed E-state index contributed by atoms with van der Waals surface area (Å²) in [5, 5.41) is 32.9. The first-order valence-electron chi connectivity index (χ1n) is 8.69. The fourth-order valence-corrected chi connectivity index (χ4v) is 4.28. The van der Waals surface area contributed by atoms with Gasteiger partial charge < -0.3 is 24.8 Å². The molecule has 1 saturated heterocycles. The van der Waals surface area contributed by atoms with Gasteiger partial charge in [-0.1, -0.05) is 5.75 Å². The van der Waals surface area contributed by atoms with Crippen LogP contribution in [-0.2, 0) is 4.74 Å². The van der Waals surface area contributed by atoms with E-state index in [0.29, 0.717) is 12.8 Å². The van der Waals surface area contributed by atoms with Gasteiger partial charge in [0, 0.05) is 41.7 Å². The predicted molar refractivity (Wildman–Crippen MR) is 89.2 cm³/mol. The minimum Gasteiger partial charge on any atom is -0.872 e. The summed E-state index contributed by atoms with van der Waals surface area (Å²) >= 11 is 0. The average molecular weight is 367 g/mol. The largest absolute Gasteiger partial charge is 0.872 e. The Hall–Kier alpha value is -3.06. The SMILES string of the molecule is C[C@]12CCC[C@H](O1)c1c(cc3c(c1[O-])C(=O)c1c(O)cc(O)cc1C3=O)O2.